The Kier molecular flexibility index (Phi) is 7.61. The van der Waals surface area contributed by atoms with E-state index in [0.29, 0.717) is 23.2 Å². The van der Waals surface area contributed by atoms with Crippen LogP contribution in [0.15, 0.2) is 36.5 Å². The summed E-state index contributed by atoms with van der Waals surface area (Å²) in [6.45, 7) is 2.03. The van der Waals surface area contributed by atoms with Gasteiger partial charge >= 0.3 is 6.18 Å². The number of pyridine rings is 1. The van der Waals surface area contributed by atoms with Crippen molar-refractivity contribution in [2.24, 2.45) is 0 Å². The number of hydrogen-bond donors (Lipinski definition) is 1. The number of ketones is 1. The van der Waals surface area contributed by atoms with Gasteiger partial charge in [0.05, 0.1) is 6.04 Å². The van der Waals surface area contributed by atoms with Crippen LogP contribution in [0.3, 0.4) is 0 Å². The number of nitrogens with one attached hydrogen (secondary N) is 1. The van der Waals surface area contributed by atoms with Crippen LogP contribution < -0.4 is 10.1 Å². The van der Waals surface area contributed by atoms with Gasteiger partial charge in [0, 0.05) is 35.3 Å². The molecule has 1 aromatic heterocycles. The lowest BCUT2D eigenvalue weighted by molar-refractivity contribution is -0.153. The summed E-state index contributed by atoms with van der Waals surface area (Å²) in [5.74, 6) is -0.393. The van der Waals surface area contributed by atoms with Crippen LogP contribution in [0.4, 0.5) is 13.2 Å². The molecule has 1 unspecified atom stereocenters. The molecule has 29 heavy (non-hydrogen) atoms. The molecule has 1 heterocycles. The SMILES string of the molecule is CCC(=O)Cc1cc(C(=O)NC(C)c2ccc(OCC(F)(F)F)cc2Cl)ccn1. The number of carbonyl (C=O) groups excluding carboxylic acids is 2. The van der Waals surface area contributed by atoms with Gasteiger partial charge in [0.25, 0.3) is 5.91 Å². The first-order valence-electron chi connectivity index (χ1n) is 8.85. The highest BCUT2D eigenvalue weighted by atomic mass is 35.5. The molecule has 0 fully saturated rings. The molecule has 0 aliphatic heterocycles. The minimum absolute atomic E-state index is 0.0167. The number of benzene rings is 1. The Balaban J connectivity index is 2.06. The fraction of sp³-hybridized carbons (Fsp3) is 0.350. The fourth-order valence-electron chi connectivity index (χ4n) is 2.51. The van der Waals surface area contributed by atoms with E-state index in [-0.39, 0.29) is 23.0 Å². The maximum Gasteiger partial charge on any atom is 0.422 e. The summed E-state index contributed by atoms with van der Waals surface area (Å²) >= 11 is 6.14. The van der Waals surface area contributed by atoms with Gasteiger partial charge in [0.2, 0.25) is 0 Å². The van der Waals surface area contributed by atoms with E-state index < -0.39 is 24.7 Å². The largest absolute Gasteiger partial charge is 0.484 e. The van der Waals surface area contributed by atoms with Crippen LogP contribution in [0, 0.1) is 0 Å². The summed E-state index contributed by atoms with van der Waals surface area (Å²) in [4.78, 5) is 28.2. The van der Waals surface area contributed by atoms with Crippen molar-refractivity contribution in [2.75, 3.05) is 6.61 Å². The van der Waals surface area contributed by atoms with Gasteiger partial charge < -0.3 is 10.1 Å². The number of nitrogens with zero attached hydrogens (tertiary/aromatic N) is 1. The molecule has 0 bridgehead atoms. The van der Waals surface area contributed by atoms with Crippen molar-refractivity contribution >= 4 is 23.3 Å². The van der Waals surface area contributed by atoms with Crippen LogP contribution in [-0.4, -0.2) is 29.5 Å². The highest BCUT2D eigenvalue weighted by molar-refractivity contribution is 6.31. The quantitative estimate of drug-likeness (QED) is 0.662. The van der Waals surface area contributed by atoms with Crippen molar-refractivity contribution in [1.82, 2.24) is 10.3 Å². The summed E-state index contributed by atoms with van der Waals surface area (Å²) in [6, 6.07) is 6.68. The Bertz CT molecular complexity index is 888. The van der Waals surface area contributed by atoms with Gasteiger partial charge in [-0.2, -0.15) is 13.2 Å². The van der Waals surface area contributed by atoms with Gasteiger partial charge in [-0.25, -0.2) is 0 Å². The maximum atomic E-state index is 12.5. The van der Waals surface area contributed by atoms with Crippen LogP contribution >= 0.6 is 11.6 Å². The fourth-order valence-corrected chi connectivity index (χ4v) is 2.85. The monoisotopic (exact) mass is 428 g/mol. The molecule has 2 rings (SSSR count). The summed E-state index contributed by atoms with van der Waals surface area (Å²) in [7, 11) is 0. The predicted molar refractivity (Wildman–Crippen MR) is 102 cm³/mol. The second-order valence-corrected chi connectivity index (χ2v) is 6.79. The van der Waals surface area contributed by atoms with Crippen molar-refractivity contribution in [3.8, 4) is 5.75 Å². The zero-order chi connectivity index (χ0) is 21.6. The van der Waals surface area contributed by atoms with Crippen molar-refractivity contribution in [3.63, 3.8) is 0 Å². The van der Waals surface area contributed by atoms with Crippen LogP contribution in [-0.2, 0) is 11.2 Å². The number of halogens is 4. The molecule has 1 aromatic carbocycles. The lowest BCUT2D eigenvalue weighted by atomic mass is 10.1. The Hall–Kier alpha value is -2.61. The minimum atomic E-state index is -4.45. The molecule has 0 saturated carbocycles. The van der Waals surface area contributed by atoms with E-state index >= 15 is 0 Å². The first-order chi connectivity index (χ1) is 13.6. The molecular formula is C20H20ClF3N2O3. The van der Waals surface area contributed by atoms with E-state index in [2.05, 4.69) is 15.0 Å². The topological polar surface area (TPSA) is 68.3 Å². The number of carbonyl (C=O) groups is 2. The Morgan fingerprint density at radius 1 is 1.24 bits per heavy atom. The second-order valence-electron chi connectivity index (χ2n) is 6.39. The molecule has 2 aromatic rings. The smallest absolute Gasteiger partial charge is 0.422 e. The molecule has 156 valence electrons. The number of ether oxygens (including phenoxy) is 1. The molecule has 1 atom stereocenters. The third-order valence-corrected chi connectivity index (χ3v) is 4.37. The predicted octanol–water partition coefficient (Wildman–Crippen LogP) is 4.69. The lowest BCUT2D eigenvalue weighted by Crippen LogP contribution is -2.27. The molecule has 1 amide bonds. The summed E-state index contributed by atoms with van der Waals surface area (Å²) in [6.07, 6.45) is -2.45. The summed E-state index contributed by atoms with van der Waals surface area (Å²) in [5.41, 5.74) is 1.36. The van der Waals surface area contributed by atoms with E-state index in [1.165, 1.54) is 30.5 Å². The van der Waals surface area contributed by atoms with Crippen molar-refractivity contribution < 1.29 is 27.5 Å². The highest BCUT2D eigenvalue weighted by Gasteiger charge is 2.28. The molecule has 9 heteroatoms. The maximum absolute atomic E-state index is 12.5. The molecule has 1 N–H and O–H groups in total. The minimum Gasteiger partial charge on any atom is -0.484 e. The molecule has 0 aliphatic carbocycles. The molecule has 0 spiro atoms. The van der Waals surface area contributed by atoms with Gasteiger partial charge in [-0.05, 0) is 36.8 Å². The Labute approximate surface area is 171 Å². The molecule has 0 radical (unpaired) electrons. The molecule has 0 saturated heterocycles. The summed E-state index contributed by atoms with van der Waals surface area (Å²) < 4.78 is 41.4. The third kappa shape index (κ3) is 7.05. The summed E-state index contributed by atoms with van der Waals surface area (Å²) in [5, 5.41) is 2.93. The van der Waals surface area contributed by atoms with Crippen molar-refractivity contribution in [3.05, 3.63) is 58.4 Å². The zero-order valence-electron chi connectivity index (χ0n) is 15.8. The number of Topliss-reactive ketones (excluding diaryl/α,β-unsaturated/α-hetero) is 1. The molecular weight excluding hydrogens is 409 g/mol. The zero-order valence-corrected chi connectivity index (χ0v) is 16.6. The van der Waals surface area contributed by atoms with Crippen molar-refractivity contribution in [2.45, 2.75) is 38.9 Å². The average Bonchev–Trinajstić information content (AvgIpc) is 2.65. The van der Waals surface area contributed by atoms with Gasteiger partial charge in [-0.1, -0.05) is 24.6 Å². The highest BCUT2D eigenvalue weighted by Crippen LogP contribution is 2.28. The van der Waals surface area contributed by atoms with Crippen molar-refractivity contribution in [1.29, 1.82) is 0 Å². The Morgan fingerprint density at radius 3 is 2.59 bits per heavy atom. The second kappa shape index (κ2) is 9.73. The van der Waals surface area contributed by atoms with E-state index in [4.69, 9.17) is 11.6 Å². The van der Waals surface area contributed by atoms with Gasteiger partial charge in [0.15, 0.2) is 6.61 Å². The van der Waals surface area contributed by atoms with E-state index in [1.807, 2.05) is 0 Å². The standard InChI is InChI=1S/C20H20ClF3N2O3/c1-3-15(27)9-14-8-13(6-7-25-14)19(28)26-12(2)17-5-4-16(10-18(17)21)29-11-20(22,23)24/h4-8,10,12H,3,9,11H2,1-2H3,(H,26,28). The van der Waals surface area contributed by atoms with Crippen LogP contribution in [0.5, 0.6) is 5.75 Å². The molecule has 5 nitrogen and oxygen atoms in total. The van der Waals surface area contributed by atoms with Crippen LogP contribution in [0.25, 0.3) is 0 Å². The number of rotatable bonds is 8. The third-order valence-electron chi connectivity index (χ3n) is 4.04. The van der Waals surface area contributed by atoms with Gasteiger partial charge in [-0.3, -0.25) is 14.6 Å². The number of alkyl halides is 3. The number of amides is 1. The Morgan fingerprint density at radius 2 is 1.97 bits per heavy atom. The number of aromatic nitrogens is 1. The average molecular weight is 429 g/mol. The normalized spacial score (nSPS) is 12.3. The van der Waals surface area contributed by atoms with Gasteiger partial charge in [-0.15, -0.1) is 0 Å². The lowest BCUT2D eigenvalue weighted by Gasteiger charge is -2.17. The van der Waals surface area contributed by atoms with E-state index in [1.54, 1.807) is 19.9 Å². The van der Waals surface area contributed by atoms with E-state index in [0.717, 1.165) is 0 Å². The van der Waals surface area contributed by atoms with Crippen LogP contribution in [0.1, 0.15) is 47.9 Å². The van der Waals surface area contributed by atoms with Gasteiger partial charge in [0.1, 0.15) is 11.5 Å². The first-order valence-corrected chi connectivity index (χ1v) is 9.23. The molecule has 0 aliphatic rings. The first kappa shape index (κ1) is 22.7. The number of hydrogen-bond acceptors (Lipinski definition) is 4. The van der Waals surface area contributed by atoms with Crippen LogP contribution in [0.2, 0.25) is 5.02 Å². The van der Waals surface area contributed by atoms with E-state index in [9.17, 15) is 22.8 Å².